The van der Waals surface area contributed by atoms with Crippen LogP contribution in [0.4, 0.5) is 0 Å². The minimum Gasteiger partial charge on any atom is -0.494 e. The lowest BCUT2D eigenvalue weighted by atomic mass is 10.1. The quantitative estimate of drug-likeness (QED) is 0.843. The van der Waals surface area contributed by atoms with Gasteiger partial charge >= 0.3 is 0 Å². The molecule has 0 saturated carbocycles. The van der Waals surface area contributed by atoms with E-state index in [1.807, 2.05) is 33.9 Å². The maximum absolute atomic E-state index is 12.5. The second-order valence-corrected chi connectivity index (χ2v) is 6.99. The molecule has 0 spiro atoms. The molecule has 1 aromatic carbocycles. The molecule has 0 amide bonds. The Kier molecular flexibility index (Phi) is 5.43. The van der Waals surface area contributed by atoms with Gasteiger partial charge in [-0.2, -0.15) is 5.10 Å². The summed E-state index contributed by atoms with van der Waals surface area (Å²) in [6.07, 6.45) is 1.88. The summed E-state index contributed by atoms with van der Waals surface area (Å²) in [6, 6.07) is 6.04. The zero-order valence-corrected chi connectivity index (χ0v) is 14.7. The summed E-state index contributed by atoms with van der Waals surface area (Å²) in [7, 11) is -3.60. The predicted molar refractivity (Wildman–Crippen MR) is 89.0 cm³/mol. The molecule has 0 saturated heterocycles. The molecule has 23 heavy (non-hydrogen) atoms. The molecule has 0 fully saturated rings. The Morgan fingerprint density at radius 1 is 1.26 bits per heavy atom. The van der Waals surface area contributed by atoms with E-state index in [0.717, 1.165) is 17.8 Å². The second-order valence-electron chi connectivity index (χ2n) is 5.27. The lowest BCUT2D eigenvalue weighted by Gasteiger charge is -2.14. The summed E-state index contributed by atoms with van der Waals surface area (Å²) >= 11 is 0. The predicted octanol–water partition coefficient (Wildman–Crippen LogP) is 2.65. The Balaban J connectivity index is 2.17. The summed E-state index contributed by atoms with van der Waals surface area (Å²) < 4.78 is 34.8. The first-order valence-electron chi connectivity index (χ1n) is 7.66. The van der Waals surface area contributed by atoms with Crippen molar-refractivity contribution in [1.82, 2.24) is 14.5 Å². The average Bonchev–Trinajstić information content (AvgIpc) is 2.89. The van der Waals surface area contributed by atoms with E-state index in [9.17, 15) is 8.42 Å². The fourth-order valence-corrected chi connectivity index (χ4v) is 3.59. The summed E-state index contributed by atoms with van der Waals surface area (Å²) in [5, 5.41) is 4.35. The highest BCUT2D eigenvalue weighted by Crippen LogP contribution is 2.21. The zero-order chi connectivity index (χ0) is 17.0. The molecule has 2 aromatic rings. The van der Waals surface area contributed by atoms with Crippen molar-refractivity contribution >= 4 is 10.0 Å². The van der Waals surface area contributed by atoms with E-state index in [2.05, 4.69) is 9.82 Å². The normalized spacial score (nSPS) is 13.0. The molecular formula is C16H23N3O3S. The molecule has 0 aliphatic heterocycles. The molecule has 0 aliphatic rings. The maximum Gasteiger partial charge on any atom is 0.241 e. The highest BCUT2D eigenvalue weighted by Gasteiger charge is 2.21. The van der Waals surface area contributed by atoms with Gasteiger partial charge in [0.1, 0.15) is 5.75 Å². The summed E-state index contributed by atoms with van der Waals surface area (Å²) in [5.41, 5.74) is 1.70. The number of sulfonamides is 1. The topological polar surface area (TPSA) is 73.2 Å². The molecule has 1 N–H and O–H groups in total. The first kappa shape index (κ1) is 17.5. The number of hydrogen-bond donors (Lipinski definition) is 1. The van der Waals surface area contributed by atoms with Crippen molar-refractivity contribution in [3.05, 3.63) is 41.7 Å². The van der Waals surface area contributed by atoms with Crippen molar-refractivity contribution in [2.75, 3.05) is 6.61 Å². The summed E-state index contributed by atoms with van der Waals surface area (Å²) in [4.78, 5) is 0.216. The molecule has 2 rings (SSSR count). The van der Waals surface area contributed by atoms with Crippen LogP contribution in [0.15, 0.2) is 35.4 Å². The Labute approximate surface area is 137 Å². The lowest BCUT2D eigenvalue weighted by molar-refractivity contribution is 0.340. The van der Waals surface area contributed by atoms with Gasteiger partial charge in [-0.1, -0.05) is 0 Å². The van der Waals surface area contributed by atoms with Crippen molar-refractivity contribution in [3.63, 3.8) is 0 Å². The van der Waals surface area contributed by atoms with E-state index in [0.29, 0.717) is 12.4 Å². The van der Waals surface area contributed by atoms with Gasteiger partial charge in [0.2, 0.25) is 10.0 Å². The Bertz CT molecular complexity index is 751. The van der Waals surface area contributed by atoms with Gasteiger partial charge < -0.3 is 4.74 Å². The van der Waals surface area contributed by atoms with Gasteiger partial charge in [0.15, 0.2) is 0 Å². The Morgan fingerprint density at radius 3 is 2.43 bits per heavy atom. The van der Waals surface area contributed by atoms with E-state index >= 15 is 0 Å². The number of rotatable bonds is 7. The molecule has 1 aromatic heterocycles. The van der Waals surface area contributed by atoms with Gasteiger partial charge in [0, 0.05) is 24.3 Å². The van der Waals surface area contributed by atoms with Crippen LogP contribution in [0.2, 0.25) is 0 Å². The van der Waals surface area contributed by atoms with Gasteiger partial charge in [0.25, 0.3) is 0 Å². The first-order valence-corrected chi connectivity index (χ1v) is 9.14. The number of nitrogens with one attached hydrogen (secondary N) is 1. The summed E-state index contributed by atoms with van der Waals surface area (Å²) in [6.45, 7) is 8.86. The van der Waals surface area contributed by atoms with Crippen LogP contribution in [-0.4, -0.2) is 24.8 Å². The lowest BCUT2D eigenvalue weighted by Crippen LogP contribution is -2.27. The summed E-state index contributed by atoms with van der Waals surface area (Å²) in [5.74, 6) is 0.652. The van der Waals surface area contributed by atoms with Crippen LogP contribution in [0.1, 0.15) is 38.1 Å². The SMILES string of the molecule is CCOc1ccc(S(=O)(=O)NC(C)c2cn(CC)nc2C)cc1. The maximum atomic E-state index is 12.5. The van der Waals surface area contributed by atoms with Gasteiger partial charge in [-0.05, 0) is 52.0 Å². The number of ether oxygens (including phenoxy) is 1. The molecular weight excluding hydrogens is 314 g/mol. The third kappa shape index (κ3) is 4.11. The molecule has 0 radical (unpaired) electrons. The zero-order valence-electron chi connectivity index (χ0n) is 13.9. The highest BCUT2D eigenvalue weighted by atomic mass is 32.2. The van der Waals surface area contributed by atoms with E-state index in [4.69, 9.17) is 4.74 Å². The van der Waals surface area contributed by atoms with Crippen LogP contribution in [0.25, 0.3) is 0 Å². The number of aryl methyl sites for hydroxylation is 2. The molecule has 1 atom stereocenters. The third-order valence-corrected chi connectivity index (χ3v) is 5.11. The number of benzene rings is 1. The van der Waals surface area contributed by atoms with E-state index in [-0.39, 0.29) is 10.9 Å². The smallest absolute Gasteiger partial charge is 0.241 e. The van der Waals surface area contributed by atoms with Crippen molar-refractivity contribution in [2.24, 2.45) is 0 Å². The number of hydrogen-bond acceptors (Lipinski definition) is 4. The van der Waals surface area contributed by atoms with Crippen LogP contribution in [0.3, 0.4) is 0 Å². The van der Waals surface area contributed by atoms with Gasteiger partial charge in [-0.15, -0.1) is 0 Å². The van der Waals surface area contributed by atoms with Gasteiger partial charge in [-0.25, -0.2) is 13.1 Å². The van der Waals surface area contributed by atoms with E-state index in [1.165, 1.54) is 0 Å². The van der Waals surface area contributed by atoms with Crippen LogP contribution < -0.4 is 9.46 Å². The average molecular weight is 337 g/mol. The number of aromatic nitrogens is 2. The molecule has 6 nitrogen and oxygen atoms in total. The monoisotopic (exact) mass is 337 g/mol. The van der Waals surface area contributed by atoms with Crippen LogP contribution in [-0.2, 0) is 16.6 Å². The minimum atomic E-state index is -3.60. The largest absolute Gasteiger partial charge is 0.494 e. The van der Waals surface area contributed by atoms with Crippen molar-refractivity contribution < 1.29 is 13.2 Å². The molecule has 126 valence electrons. The molecule has 0 aliphatic carbocycles. The Morgan fingerprint density at radius 2 is 1.91 bits per heavy atom. The van der Waals surface area contributed by atoms with Gasteiger partial charge in [0.05, 0.1) is 17.2 Å². The molecule has 1 unspecified atom stereocenters. The van der Waals surface area contributed by atoms with E-state index in [1.54, 1.807) is 28.9 Å². The first-order chi connectivity index (χ1) is 10.9. The van der Waals surface area contributed by atoms with E-state index < -0.39 is 10.0 Å². The van der Waals surface area contributed by atoms with Gasteiger partial charge in [-0.3, -0.25) is 4.68 Å². The fourth-order valence-electron chi connectivity index (χ4n) is 2.37. The Hall–Kier alpha value is -1.86. The van der Waals surface area contributed by atoms with Crippen molar-refractivity contribution in [1.29, 1.82) is 0 Å². The molecule has 1 heterocycles. The molecule has 7 heteroatoms. The highest BCUT2D eigenvalue weighted by molar-refractivity contribution is 7.89. The van der Waals surface area contributed by atoms with Crippen molar-refractivity contribution in [3.8, 4) is 5.75 Å². The van der Waals surface area contributed by atoms with Crippen LogP contribution in [0.5, 0.6) is 5.75 Å². The number of nitrogens with zero attached hydrogens (tertiary/aromatic N) is 2. The van der Waals surface area contributed by atoms with Crippen molar-refractivity contribution in [2.45, 2.75) is 45.2 Å². The minimum absolute atomic E-state index is 0.216. The third-order valence-electron chi connectivity index (χ3n) is 3.55. The fraction of sp³-hybridized carbons (Fsp3) is 0.438. The van der Waals surface area contributed by atoms with Crippen LogP contribution in [0, 0.1) is 6.92 Å². The van der Waals surface area contributed by atoms with Crippen LogP contribution >= 0.6 is 0 Å². The molecule has 0 bridgehead atoms. The second kappa shape index (κ2) is 7.14. The standard InChI is InChI=1S/C16H23N3O3S/c1-5-19-11-16(12(3)17-19)13(4)18-23(20,21)15-9-7-14(8-10-15)22-6-2/h7-11,13,18H,5-6H2,1-4H3.